The number of nitrogens with zero attached hydrogens (tertiary/aromatic N) is 5. The van der Waals surface area contributed by atoms with Crippen LogP contribution in [0.5, 0.6) is 5.88 Å². The number of amides is 1. The van der Waals surface area contributed by atoms with E-state index in [1.807, 2.05) is 0 Å². The maximum Gasteiger partial charge on any atom is 0.272 e. The normalized spacial score (nSPS) is 10.8. The van der Waals surface area contributed by atoms with Gasteiger partial charge in [0.25, 0.3) is 11.6 Å². The van der Waals surface area contributed by atoms with Crippen LogP contribution in [0.3, 0.4) is 0 Å². The van der Waals surface area contributed by atoms with Crippen LogP contribution < -0.4 is 10.1 Å². The molecule has 0 atom stereocenters. The number of nitro benzene ring substituents is 1. The molecule has 4 aromatic rings. The summed E-state index contributed by atoms with van der Waals surface area (Å²) in [5.74, 6) is -0.130. The Bertz CT molecular complexity index is 1320. The summed E-state index contributed by atoms with van der Waals surface area (Å²) in [5, 5.41) is 26.0. The van der Waals surface area contributed by atoms with E-state index in [2.05, 4.69) is 20.6 Å². The number of aryl methyl sites for hydroxylation is 1. The Morgan fingerprint density at radius 1 is 1.19 bits per heavy atom. The zero-order valence-corrected chi connectivity index (χ0v) is 16.9. The number of hydrogen-bond donors (Lipinski definition) is 1. The van der Waals surface area contributed by atoms with Crippen LogP contribution in [-0.4, -0.2) is 43.8 Å². The van der Waals surface area contributed by atoms with Crippen molar-refractivity contribution in [2.24, 2.45) is 0 Å². The minimum absolute atomic E-state index is 0.0436. The first kappa shape index (κ1) is 20.8. The first-order chi connectivity index (χ1) is 15.4. The van der Waals surface area contributed by atoms with E-state index in [0.717, 1.165) is 0 Å². The number of aromatic nitrogens is 4. The van der Waals surface area contributed by atoms with Crippen molar-refractivity contribution >= 4 is 17.2 Å². The van der Waals surface area contributed by atoms with Crippen molar-refractivity contribution in [3.8, 4) is 17.3 Å². The van der Waals surface area contributed by atoms with E-state index < -0.39 is 10.7 Å². The lowest BCUT2D eigenvalue weighted by atomic mass is 10.1. The van der Waals surface area contributed by atoms with E-state index in [9.17, 15) is 19.3 Å². The van der Waals surface area contributed by atoms with Crippen molar-refractivity contribution in [2.75, 3.05) is 13.2 Å². The van der Waals surface area contributed by atoms with Gasteiger partial charge in [-0.15, -0.1) is 15.3 Å². The van der Waals surface area contributed by atoms with Gasteiger partial charge in [-0.3, -0.25) is 14.9 Å². The number of rotatable bonds is 7. The van der Waals surface area contributed by atoms with Gasteiger partial charge in [0, 0.05) is 28.8 Å². The fraction of sp³-hybridized carbons (Fsp3) is 0.143. The monoisotopic (exact) mass is 436 g/mol. The van der Waals surface area contributed by atoms with Crippen LogP contribution >= 0.6 is 0 Å². The third-order valence-electron chi connectivity index (χ3n) is 4.61. The number of nitro groups is 1. The van der Waals surface area contributed by atoms with Crippen LogP contribution in [0.15, 0.2) is 54.6 Å². The number of benzene rings is 2. The number of carbonyl (C=O) groups is 1. The standard InChI is InChI=1S/C21H17FN6O4/c1-13-11-15(5-6-17(13)28(30)31)21(29)23-9-10-32-19-8-7-18-24-25-20(27(18)26-19)14-3-2-4-16(22)12-14/h2-8,11-12H,9-10H2,1H3,(H,23,29). The molecular weight excluding hydrogens is 419 g/mol. The molecular formula is C21H17FN6O4. The Kier molecular flexibility index (Phi) is 5.71. The zero-order chi connectivity index (χ0) is 22.7. The molecule has 1 amide bonds. The van der Waals surface area contributed by atoms with E-state index in [-0.39, 0.29) is 30.6 Å². The van der Waals surface area contributed by atoms with Gasteiger partial charge in [-0.25, -0.2) is 4.39 Å². The minimum Gasteiger partial charge on any atom is -0.475 e. The molecule has 0 unspecified atom stereocenters. The van der Waals surface area contributed by atoms with Crippen LogP contribution in [0.1, 0.15) is 15.9 Å². The second-order valence-electron chi connectivity index (χ2n) is 6.84. The van der Waals surface area contributed by atoms with Crippen LogP contribution in [0.2, 0.25) is 0 Å². The number of fused-ring (bicyclic) bond motifs is 1. The van der Waals surface area contributed by atoms with Gasteiger partial charge in [0.05, 0.1) is 11.5 Å². The fourth-order valence-corrected chi connectivity index (χ4v) is 3.08. The Morgan fingerprint density at radius 2 is 2.03 bits per heavy atom. The van der Waals surface area contributed by atoms with Gasteiger partial charge in [-0.05, 0) is 37.3 Å². The molecule has 10 nitrogen and oxygen atoms in total. The quantitative estimate of drug-likeness (QED) is 0.268. The largest absolute Gasteiger partial charge is 0.475 e. The molecule has 0 aliphatic heterocycles. The lowest BCUT2D eigenvalue weighted by Crippen LogP contribution is -2.28. The van der Waals surface area contributed by atoms with Gasteiger partial charge in [0.2, 0.25) is 5.88 Å². The predicted molar refractivity (Wildman–Crippen MR) is 112 cm³/mol. The van der Waals surface area contributed by atoms with Crippen molar-refractivity contribution in [1.82, 2.24) is 25.1 Å². The highest BCUT2D eigenvalue weighted by Crippen LogP contribution is 2.20. The van der Waals surface area contributed by atoms with E-state index >= 15 is 0 Å². The SMILES string of the molecule is Cc1cc(C(=O)NCCOc2ccc3nnc(-c4cccc(F)c4)n3n2)ccc1[N+](=O)[O-]. The summed E-state index contributed by atoms with van der Waals surface area (Å²) in [4.78, 5) is 22.6. The summed E-state index contributed by atoms with van der Waals surface area (Å²) in [7, 11) is 0. The summed E-state index contributed by atoms with van der Waals surface area (Å²) in [5.41, 5.74) is 1.67. The maximum atomic E-state index is 13.5. The number of nitrogens with one attached hydrogen (secondary N) is 1. The molecule has 0 saturated carbocycles. The number of hydrogen-bond acceptors (Lipinski definition) is 7. The molecule has 2 heterocycles. The van der Waals surface area contributed by atoms with Crippen molar-refractivity contribution in [3.63, 3.8) is 0 Å². The molecule has 0 fully saturated rings. The lowest BCUT2D eigenvalue weighted by molar-refractivity contribution is -0.385. The number of halogens is 1. The molecule has 2 aromatic carbocycles. The molecule has 0 spiro atoms. The van der Waals surface area contributed by atoms with Gasteiger partial charge in [0.15, 0.2) is 11.5 Å². The van der Waals surface area contributed by atoms with Crippen molar-refractivity contribution in [2.45, 2.75) is 6.92 Å². The highest BCUT2D eigenvalue weighted by Gasteiger charge is 2.14. The summed E-state index contributed by atoms with van der Waals surface area (Å²) in [6.07, 6.45) is 0. The average Bonchev–Trinajstić information content (AvgIpc) is 3.19. The molecule has 4 rings (SSSR count). The number of carbonyl (C=O) groups excluding carboxylic acids is 1. The Balaban J connectivity index is 1.38. The van der Waals surface area contributed by atoms with Gasteiger partial charge in [-0.2, -0.15) is 4.52 Å². The molecule has 0 bridgehead atoms. The molecule has 0 aliphatic carbocycles. The first-order valence-electron chi connectivity index (χ1n) is 9.57. The summed E-state index contributed by atoms with van der Waals surface area (Å²) in [6, 6.07) is 13.4. The van der Waals surface area contributed by atoms with Crippen molar-refractivity contribution < 1.29 is 18.8 Å². The smallest absolute Gasteiger partial charge is 0.272 e. The summed E-state index contributed by atoms with van der Waals surface area (Å²) < 4.78 is 20.6. The molecule has 0 saturated heterocycles. The van der Waals surface area contributed by atoms with Crippen molar-refractivity contribution in [1.29, 1.82) is 0 Å². The maximum absolute atomic E-state index is 13.5. The van der Waals surface area contributed by atoms with E-state index in [0.29, 0.717) is 28.2 Å². The van der Waals surface area contributed by atoms with E-state index in [1.165, 1.54) is 34.8 Å². The molecule has 11 heteroatoms. The molecule has 162 valence electrons. The lowest BCUT2D eigenvalue weighted by Gasteiger charge is -2.08. The third kappa shape index (κ3) is 4.36. The average molecular weight is 436 g/mol. The van der Waals surface area contributed by atoms with Crippen molar-refractivity contribution in [3.05, 3.63) is 81.7 Å². The number of ether oxygens (including phenoxy) is 1. The molecule has 0 radical (unpaired) electrons. The van der Waals surface area contributed by atoms with Crippen LogP contribution in [0.25, 0.3) is 17.0 Å². The van der Waals surface area contributed by atoms with Gasteiger partial charge in [-0.1, -0.05) is 12.1 Å². The van der Waals surface area contributed by atoms with Gasteiger partial charge >= 0.3 is 0 Å². The Morgan fingerprint density at radius 3 is 2.78 bits per heavy atom. The highest BCUT2D eigenvalue weighted by atomic mass is 19.1. The topological polar surface area (TPSA) is 125 Å². The second-order valence-corrected chi connectivity index (χ2v) is 6.84. The van der Waals surface area contributed by atoms with Gasteiger partial charge in [0.1, 0.15) is 12.4 Å². The highest BCUT2D eigenvalue weighted by molar-refractivity contribution is 5.94. The van der Waals surface area contributed by atoms with Crippen LogP contribution in [-0.2, 0) is 0 Å². The fourth-order valence-electron chi connectivity index (χ4n) is 3.08. The van der Waals surface area contributed by atoms with Gasteiger partial charge < -0.3 is 10.1 Å². The second kappa shape index (κ2) is 8.76. The third-order valence-corrected chi connectivity index (χ3v) is 4.61. The van der Waals surface area contributed by atoms with Crippen LogP contribution in [0.4, 0.5) is 10.1 Å². The van der Waals surface area contributed by atoms with Crippen LogP contribution in [0, 0.1) is 22.9 Å². The minimum atomic E-state index is -0.496. The van der Waals surface area contributed by atoms with E-state index in [4.69, 9.17) is 4.74 Å². The predicted octanol–water partition coefficient (Wildman–Crippen LogP) is 2.96. The summed E-state index contributed by atoms with van der Waals surface area (Å²) in [6.45, 7) is 1.89. The Labute approximate surface area is 180 Å². The summed E-state index contributed by atoms with van der Waals surface area (Å²) >= 11 is 0. The molecule has 0 aliphatic rings. The molecule has 2 aromatic heterocycles. The zero-order valence-electron chi connectivity index (χ0n) is 16.9. The Hall–Kier alpha value is -4.41. The molecule has 1 N–H and O–H groups in total. The molecule has 32 heavy (non-hydrogen) atoms. The first-order valence-corrected chi connectivity index (χ1v) is 9.57. The van der Waals surface area contributed by atoms with E-state index in [1.54, 1.807) is 31.2 Å².